The highest BCUT2D eigenvalue weighted by molar-refractivity contribution is 7.92. The molecule has 0 saturated carbocycles. The molecule has 0 atom stereocenters. The van der Waals surface area contributed by atoms with E-state index in [0.29, 0.717) is 5.56 Å². The van der Waals surface area contributed by atoms with Crippen LogP contribution in [0.15, 0.2) is 48.5 Å². The molecule has 0 aliphatic carbocycles. The maximum absolute atomic E-state index is 12.2. The van der Waals surface area contributed by atoms with E-state index in [1.807, 2.05) is 13.0 Å². The summed E-state index contributed by atoms with van der Waals surface area (Å²) in [6, 6.07) is 13.4. The highest BCUT2D eigenvalue weighted by Gasteiger charge is 2.23. The minimum absolute atomic E-state index is 0.0234. The molecule has 0 radical (unpaired) electrons. The Bertz CT molecular complexity index is 941. The van der Waals surface area contributed by atoms with Gasteiger partial charge >= 0.3 is 5.97 Å². The molecule has 0 aliphatic rings. The van der Waals surface area contributed by atoms with Crippen LogP contribution in [0.25, 0.3) is 0 Å². The van der Waals surface area contributed by atoms with E-state index in [1.165, 1.54) is 19.2 Å². The fourth-order valence-corrected chi connectivity index (χ4v) is 3.54. The number of carbonyl (C=O) groups excluding carboxylic acids is 2. The van der Waals surface area contributed by atoms with Gasteiger partial charge in [0.1, 0.15) is 0 Å². The molecule has 2 aromatic carbocycles. The van der Waals surface area contributed by atoms with Gasteiger partial charge in [-0.25, -0.2) is 13.2 Å². The van der Waals surface area contributed by atoms with Crippen molar-refractivity contribution in [2.24, 2.45) is 0 Å². The number of para-hydroxylation sites is 1. The SMILES string of the molecule is COC(=O)c1ccccc1N(CCNC(=O)c1cccc(C)c1)S(C)(=O)=O. The Morgan fingerprint density at radius 3 is 2.44 bits per heavy atom. The van der Waals surface area contributed by atoms with E-state index in [2.05, 4.69) is 5.32 Å². The van der Waals surface area contributed by atoms with E-state index in [9.17, 15) is 18.0 Å². The van der Waals surface area contributed by atoms with Gasteiger partial charge in [0.05, 0.1) is 31.2 Å². The Morgan fingerprint density at radius 2 is 1.81 bits per heavy atom. The zero-order valence-electron chi connectivity index (χ0n) is 15.4. The summed E-state index contributed by atoms with van der Waals surface area (Å²) in [6.07, 6.45) is 1.05. The first-order valence-electron chi connectivity index (χ1n) is 8.24. The van der Waals surface area contributed by atoms with E-state index in [-0.39, 0.29) is 30.2 Å². The van der Waals surface area contributed by atoms with Crippen molar-refractivity contribution in [3.8, 4) is 0 Å². The van der Waals surface area contributed by atoms with Gasteiger partial charge in [0.15, 0.2) is 0 Å². The molecular weight excluding hydrogens is 368 g/mol. The molecule has 0 spiro atoms. The third-order valence-electron chi connectivity index (χ3n) is 3.86. The number of benzene rings is 2. The average molecular weight is 390 g/mol. The van der Waals surface area contributed by atoms with Gasteiger partial charge in [-0.15, -0.1) is 0 Å². The highest BCUT2D eigenvalue weighted by Crippen LogP contribution is 2.23. The fraction of sp³-hybridized carbons (Fsp3) is 0.263. The quantitative estimate of drug-likeness (QED) is 0.730. The lowest BCUT2D eigenvalue weighted by Gasteiger charge is -2.24. The van der Waals surface area contributed by atoms with Crippen molar-refractivity contribution < 1.29 is 22.7 Å². The molecule has 0 aromatic heterocycles. The van der Waals surface area contributed by atoms with Crippen molar-refractivity contribution in [3.63, 3.8) is 0 Å². The van der Waals surface area contributed by atoms with Gasteiger partial charge in [0, 0.05) is 12.1 Å². The fourth-order valence-electron chi connectivity index (χ4n) is 2.60. The number of aryl methyl sites for hydroxylation is 1. The summed E-state index contributed by atoms with van der Waals surface area (Å²) < 4.78 is 30.3. The van der Waals surface area contributed by atoms with Crippen molar-refractivity contribution in [2.45, 2.75) is 6.92 Å². The lowest BCUT2D eigenvalue weighted by molar-refractivity contribution is 0.0601. The molecule has 0 saturated heterocycles. The lowest BCUT2D eigenvalue weighted by atomic mass is 10.1. The lowest BCUT2D eigenvalue weighted by Crippen LogP contribution is -2.39. The zero-order valence-corrected chi connectivity index (χ0v) is 16.2. The van der Waals surface area contributed by atoms with Crippen LogP contribution in [0.4, 0.5) is 5.69 Å². The first-order chi connectivity index (χ1) is 12.7. The number of carbonyl (C=O) groups is 2. The third kappa shape index (κ3) is 5.30. The van der Waals surface area contributed by atoms with E-state index in [1.54, 1.807) is 30.3 Å². The molecule has 0 fully saturated rings. The van der Waals surface area contributed by atoms with Crippen LogP contribution < -0.4 is 9.62 Å². The Kier molecular flexibility index (Phi) is 6.57. The first-order valence-corrected chi connectivity index (χ1v) is 10.1. The number of ether oxygens (including phenoxy) is 1. The molecule has 27 heavy (non-hydrogen) atoms. The Hall–Kier alpha value is -2.87. The van der Waals surface area contributed by atoms with Crippen molar-refractivity contribution >= 4 is 27.6 Å². The van der Waals surface area contributed by atoms with Crippen LogP contribution in [0.1, 0.15) is 26.3 Å². The zero-order chi connectivity index (χ0) is 20.0. The van der Waals surface area contributed by atoms with Crippen LogP contribution in [-0.4, -0.2) is 46.7 Å². The summed E-state index contributed by atoms with van der Waals surface area (Å²) in [5.41, 5.74) is 1.79. The Morgan fingerprint density at radius 1 is 1.11 bits per heavy atom. The Balaban J connectivity index is 2.18. The molecule has 0 aliphatic heterocycles. The first kappa shape index (κ1) is 20.4. The van der Waals surface area contributed by atoms with Gasteiger partial charge < -0.3 is 10.1 Å². The maximum Gasteiger partial charge on any atom is 0.340 e. The molecule has 0 unspecified atom stereocenters. The molecule has 2 rings (SSSR count). The van der Waals surface area contributed by atoms with Crippen molar-refractivity contribution in [2.75, 3.05) is 30.8 Å². The number of esters is 1. The average Bonchev–Trinajstić information content (AvgIpc) is 2.63. The van der Waals surface area contributed by atoms with Gasteiger partial charge in [0.2, 0.25) is 10.0 Å². The van der Waals surface area contributed by atoms with Gasteiger partial charge in [0.25, 0.3) is 5.91 Å². The number of anilines is 1. The molecule has 8 heteroatoms. The minimum atomic E-state index is -3.68. The number of rotatable bonds is 7. The summed E-state index contributed by atoms with van der Waals surface area (Å²) in [4.78, 5) is 24.2. The van der Waals surface area contributed by atoms with E-state index >= 15 is 0 Å². The van der Waals surface area contributed by atoms with Crippen LogP contribution in [0, 0.1) is 6.92 Å². The van der Waals surface area contributed by atoms with Crippen LogP contribution in [0.5, 0.6) is 0 Å². The number of hydrogen-bond acceptors (Lipinski definition) is 5. The summed E-state index contributed by atoms with van der Waals surface area (Å²) in [5.74, 6) is -0.934. The number of sulfonamides is 1. The highest BCUT2D eigenvalue weighted by atomic mass is 32.2. The summed E-state index contributed by atoms with van der Waals surface area (Å²) in [6.45, 7) is 1.94. The topological polar surface area (TPSA) is 92.8 Å². The van der Waals surface area contributed by atoms with Gasteiger partial charge in [-0.2, -0.15) is 0 Å². The van der Waals surface area contributed by atoms with Crippen LogP contribution >= 0.6 is 0 Å². The molecule has 2 aromatic rings. The summed E-state index contributed by atoms with van der Waals surface area (Å²) in [7, 11) is -2.45. The number of hydrogen-bond donors (Lipinski definition) is 1. The second-order valence-corrected chi connectivity index (χ2v) is 7.88. The van der Waals surface area contributed by atoms with Crippen molar-refractivity contribution in [3.05, 3.63) is 65.2 Å². The molecule has 0 heterocycles. The Labute approximate surface area is 159 Å². The minimum Gasteiger partial charge on any atom is -0.465 e. The predicted octanol–water partition coefficient (Wildman–Crippen LogP) is 1.98. The maximum atomic E-state index is 12.2. The number of nitrogens with zero attached hydrogens (tertiary/aromatic N) is 1. The molecule has 0 bridgehead atoms. The van der Waals surface area contributed by atoms with Gasteiger partial charge in [-0.1, -0.05) is 29.8 Å². The monoisotopic (exact) mass is 390 g/mol. The molecular formula is C19H22N2O5S. The second kappa shape index (κ2) is 8.68. The number of methoxy groups -OCH3 is 1. The normalized spacial score (nSPS) is 10.9. The number of nitrogens with one attached hydrogen (secondary N) is 1. The standard InChI is InChI=1S/C19H22N2O5S/c1-14-7-6-8-15(13-14)18(22)20-11-12-21(27(3,24)25)17-10-5-4-9-16(17)19(23)26-2/h4-10,13H,11-12H2,1-3H3,(H,20,22). The summed E-state index contributed by atoms with van der Waals surface area (Å²) in [5, 5.41) is 2.70. The predicted molar refractivity (Wildman–Crippen MR) is 103 cm³/mol. The van der Waals surface area contributed by atoms with Gasteiger partial charge in [-0.05, 0) is 31.2 Å². The van der Waals surface area contributed by atoms with E-state index < -0.39 is 16.0 Å². The molecule has 144 valence electrons. The van der Waals surface area contributed by atoms with E-state index in [0.717, 1.165) is 16.1 Å². The second-order valence-electron chi connectivity index (χ2n) is 5.97. The van der Waals surface area contributed by atoms with E-state index in [4.69, 9.17) is 4.74 Å². The van der Waals surface area contributed by atoms with Crippen molar-refractivity contribution in [1.29, 1.82) is 0 Å². The largest absolute Gasteiger partial charge is 0.465 e. The van der Waals surface area contributed by atoms with Crippen LogP contribution in [0.2, 0.25) is 0 Å². The molecule has 7 nitrogen and oxygen atoms in total. The third-order valence-corrected chi connectivity index (χ3v) is 5.04. The number of amides is 1. The van der Waals surface area contributed by atoms with Crippen LogP contribution in [0.3, 0.4) is 0 Å². The molecule has 1 amide bonds. The van der Waals surface area contributed by atoms with Gasteiger partial charge in [-0.3, -0.25) is 9.10 Å². The van der Waals surface area contributed by atoms with Crippen LogP contribution in [-0.2, 0) is 14.8 Å². The molecule has 1 N–H and O–H groups in total. The van der Waals surface area contributed by atoms with Crippen molar-refractivity contribution in [1.82, 2.24) is 5.32 Å². The summed E-state index contributed by atoms with van der Waals surface area (Å²) >= 11 is 0. The smallest absolute Gasteiger partial charge is 0.340 e.